The van der Waals surface area contributed by atoms with Crippen molar-refractivity contribution < 1.29 is 19.0 Å². The number of anilines is 1. The number of carbonyl (C=O) groups excluding carboxylic acids is 1. The minimum absolute atomic E-state index is 0.0610. The predicted molar refractivity (Wildman–Crippen MR) is 97.1 cm³/mol. The number of hydrogen-bond acceptors (Lipinski definition) is 5. The van der Waals surface area contributed by atoms with Crippen LogP contribution in [0.1, 0.15) is 27.7 Å². The fourth-order valence-electron chi connectivity index (χ4n) is 2.64. The summed E-state index contributed by atoms with van der Waals surface area (Å²) < 4.78 is 20.2. The molecule has 0 spiro atoms. The number of hydrogen-bond donors (Lipinski definition) is 2. The molecule has 1 amide bonds. The summed E-state index contributed by atoms with van der Waals surface area (Å²) in [6, 6.07) is 11.5. The largest absolute Gasteiger partial charge is 0.496 e. The molecule has 7 nitrogen and oxygen atoms in total. The lowest BCUT2D eigenvalue weighted by Crippen LogP contribution is -2.14. The highest BCUT2D eigenvalue weighted by atomic mass is 19.1. The Balaban J connectivity index is 1.71. The van der Waals surface area contributed by atoms with Gasteiger partial charge in [0.1, 0.15) is 17.7 Å². The van der Waals surface area contributed by atoms with Crippen molar-refractivity contribution in [3.8, 4) is 5.75 Å². The van der Waals surface area contributed by atoms with Gasteiger partial charge in [-0.05, 0) is 25.1 Å². The Morgan fingerprint density at radius 3 is 2.85 bits per heavy atom. The number of aliphatic hydroxyl groups is 1. The highest BCUT2D eigenvalue weighted by molar-refractivity contribution is 6.03. The van der Waals surface area contributed by atoms with Gasteiger partial charge in [-0.1, -0.05) is 29.5 Å². The predicted octanol–water partition coefficient (Wildman–Crippen LogP) is 2.72. The van der Waals surface area contributed by atoms with Gasteiger partial charge in [0.2, 0.25) is 0 Å². The van der Waals surface area contributed by atoms with Crippen LogP contribution in [0.4, 0.5) is 10.1 Å². The van der Waals surface area contributed by atoms with Crippen LogP contribution in [0.3, 0.4) is 0 Å². The fourth-order valence-corrected chi connectivity index (χ4v) is 2.64. The first-order valence-corrected chi connectivity index (χ1v) is 8.27. The maximum Gasteiger partial charge on any atom is 0.277 e. The Morgan fingerprint density at radius 2 is 2.07 bits per heavy atom. The Labute approximate surface area is 155 Å². The fraction of sp³-hybridized carbons (Fsp3) is 0.211. The number of carbonyl (C=O) groups is 1. The molecule has 0 aliphatic heterocycles. The van der Waals surface area contributed by atoms with Gasteiger partial charge in [-0.25, -0.2) is 9.07 Å². The van der Waals surface area contributed by atoms with E-state index in [4.69, 9.17) is 4.74 Å². The molecule has 0 saturated carbocycles. The van der Waals surface area contributed by atoms with Crippen LogP contribution in [0.2, 0.25) is 0 Å². The molecule has 140 valence electrons. The topological polar surface area (TPSA) is 89.3 Å². The molecule has 1 heterocycles. The van der Waals surface area contributed by atoms with E-state index in [1.165, 1.54) is 30.1 Å². The smallest absolute Gasteiger partial charge is 0.277 e. The number of para-hydroxylation sites is 1. The van der Waals surface area contributed by atoms with E-state index in [0.717, 1.165) is 0 Å². The van der Waals surface area contributed by atoms with Gasteiger partial charge >= 0.3 is 0 Å². The number of halogens is 1. The maximum absolute atomic E-state index is 13.6. The molecule has 0 radical (unpaired) electrons. The zero-order valence-electron chi connectivity index (χ0n) is 14.9. The second-order valence-electron chi connectivity index (χ2n) is 5.95. The van der Waals surface area contributed by atoms with Crippen LogP contribution in [0.15, 0.2) is 48.7 Å². The number of benzene rings is 2. The lowest BCUT2D eigenvalue weighted by molar-refractivity contribution is 0.102. The average Bonchev–Trinajstić information content (AvgIpc) is 3.14. The Hall–Kier alpha value is -3.26. The van der Waals surface area contributed by atoms with E-state index in [1.54, 1.807) is 37.3 Å². The van der Waals surface area contributed by atoms with Crippen LogP contribution < -0.4 is 10.1 Å². The van der Waals surface area contributed by atoms with E-state index in [9.17, 15) is 14.3 Å². The van der Waals surface area contributed by atoms with Crippen LogP contribution in [-0.2, 0) is 6.54 Å². The number of nitrogens with zero attached hydrogens (tertiary/aromatic N) is 3. The van der Waals surface area contributed by atoms with Gasteiger partial charge in [-0.15, -0.1) is 5.10 Å². The SMILES string of the molecule is COc1ccccc1[C@@H](O)Cn1cc(C(=O)Nc2cccc(F)c2C)nn1. The van der Waals surface area contributed by atoms with Crippen molar-refractivity contribution in [2.45, 2.75) is 19.6 Å². The molecule has 0 bridgehead atoms. The third-order valence-corrected chi connectivity index (χ3v) is 4.15. The Kier molecular flexibility index (Phi) is 5.46. The molecule has 0 unspecified atom stereocenters. The molecule has 0 fully saturated rings. The van der Waals surface area contributed by atoms with E-state index < -0.39 is 17.8 Å². The molecular weight excluding hydrogens is 351 g/mol. The van der Waals surface area contributed by atoms with Crippen molar-refractivity contribution in [3.05, 3.63) is 71.3 Å². The summed E-state index contributed by atoms with van der Waals surface area (Å²) in [7, 11) is 1.53. The molecule has 0 aliphatic carbocycles. The van der Waals surface area contributed by atoms with Crippen molar-refractivity contribution >= 4 is 11.6 Å². The Bertz CT molecular complexity index is 958. The van der Waals surface area contributed by atoms with Gasteiger partial charge in [-0.3, -0.25) is 4.79 Å². The second kappa shape index (κ2) is 7.96. The van der Waals surface area contributed by atoms with Gasteiger partial charge < -0.3 is 15.2 Å². The van der Waals surface area contributed by atoms with Crippen molar-refractivity contribution in [3.63, 3.8) is 0 Å². The van der Waals surface area contributed by atoms with Crippen LogP contribution in [-0.4, -0.2) is 33.1 Å². The second-order valence-corrected chi connectivity index (χ2v) is 5.95. The van der Waals surface area contributed by atoms with Crippen LogP contribution in [0.5, 0.6) is 5.75 Å². The van der Waals surface area contributed by atoms with Gasteiger partial charge in [0.05, 0.1) is 19.9 Å². The van der Waals surface area contributed by atoms with E-state index >= 15 is 0 Å². The lowest BCUT2D eigenvalue weighted by Gasteiger charge is -2.14. The number of ether oxygens (including phenoxy) is 1. The van der Waals surface area contributed by atoms with Crippen LogP contribution >= 0.6 is 0 Å². The van der Waals surface area contributed by atoms with Crippen molar-refractivity contribution in [1.82, 2.24) is 15.0 Å². The van der Waals surface area contributed by atoms with Crippen molar-refractivity contribution in [2.75, 3.05) is 12.4 Å². The van der Waals surface area contributed by atoms with E-state index in [-0.39, 0.29) is 12.2 Å². The molecule has 3 rings (SSSR count). The van der Waals surface area contributed by atoms with Gasteiger partial charge in [0, 0.05) is 16.8 Å². The summed E-state index contributed by atoms with van der Waals surface area (Å²) in [6.07, 6.45) is 0.534. The normalized spacial score (nSPS) is 11.9. The summed E-state index contributed by atoms with van der Waals surface area (Å²) in [5.41, 5.74) is 1.37. The monoisotopic (exact) mass is 370 g/mol. The average molecular weight is 370 g/mol. The van der Waals surface area contributed by atoms with Gasteiger partial charge in [0.25, 0.3) is 5.91 Å². The highest BCUT2D eigenvalue weighted by Crippen LogP contribution is 2.25. The summed E-state index contributed by atoms with van der Waals surface area (Å²) in [6.45, 7) is 1.67. The Morgan fingerprint density at radius 1 is 1.30 bits per heavy atom. The van der Waals surface area contributed by atoms with Gasteiger partial charge in [0.15, 0.2) is 5.69 Å². The lowest BCUT2D eigenvalue weighted by atomic mass is 10.1. The quantitative estimate of drug-likeness (QED) is 0.696. The van der Waals surface area contributed by atoms with E-state index in [1.807, 2.05) is 0 Å². The molecule has 3 aromatic rings. The number of rotatable bonds is 6. The zero-order chi connectivity index (χ0) is 19.4. The molecule has 27 heavy (non-hydrogen) atoms. The summed E-state index contributed by atoms with van der Waals surface area (Å²) >= 11 is 0. The summed E-state index contributed by atoms with van der Waals surface area (Å²) in [5, 5.41) is 20.7. The third kappa shape index (κ3) is 4.12. The molecule has 8 heteroatoms. The minimum Gasteiger partial charge on any atom is -0.496 e. The summed E-state index contributed by atoms with van der Waals surface area (Å²) in [5.74, 6) is -0.359. The van der Waals surface area contributed by atoms with Crippen molar-refractivity contribution in [2.24, 2.45) is 0 Å². The van der Waals surface area contributed by atoms with Crippen molar-refractivity contribution in [1.29, 1.82) is 0 Å². The van der Waals surface area contributed by atoms with Gasteiger partial charge in [-0.2, -0.15) is 0 Å². The van der Waals surface area contributed by atoms with E-state index in [0.29, 0.717) is 22.6 Å². The molecule has 1 aromatic heterocycles. The van der Waals surface area contributed by atoms with Crippen LogP contribution in [0, 0.1) is 12.7 Å². The maximum atomic E-state index is 13.6. The number of nitrogens with one attached hydrogen (secondary N) is 1. The number of aliphatic hydroxyl groups excluding tert-OH is 1. The number of aromatic nitrogens is 3. The third-order valence-electron chi connectivity index (χ3n) is 4.15. The number of amides is 1. The highest BCUT2D eigenvalue weighted by Gasteiger charge is 2.17. The first-order chi connectivity index (χ1) is 13.0. The standard InChI is InChI=1S/C19H19FN4O3/c1-12-14(20)7-5-8-15(12)21-19(26)16-10-24(23-22-16)11-17(25)13-6-3-4-9-18(13)27-2/h3-10,17,25H,11H2,1-2H3,(H,21,26)/t17-/m0/s1. The zero-order valence-corrected chi connectivity index (χ0v) is 14.9. The summed E-state index contributed by atoms with van der Waals surface area (Å²) in [4.78, 5) is 12.3. The molecular formula is C19H19FN4O3. The molecule has 0 aliphatic rings. The minimum atomic E-state index is -0.885. The molecule has 1 atom stereocenters. The number of methoxy groups -OCH3 is 1. The first kappa shape index (κ1) is 18.5. The molecule has 0 saturated heterocycles. The molecule has 2 aromatic carbocycles. The first-order valence-electron chi connectivity index (χ1n) is 8.27. The van der Waals surface area contributed by atoms with E-state index in [2.05, 4.69) is 15.6 Å². The van der Waals surface area contributed by atoms with Crippen LogP contribution in [0.25, 0.3) is 0 Å². The molecule has 2 N–H and O–H groups in total.